The molecule has 0 atom stereocenters. The van der Waals surface area contributed by atoms with Crippen LogP contribution in [0, 0.1) is 0 Å². The van der Waals surface area contributed by atoms with Gasteiger partial charge in [0, 0.05) is 5.69 Å². The molecule has 0 fully saturated rings. The fourth-order valence-corrected chi connectivity index (χ4v) is 2.96. The standard InChI is InChI=1S/C19H16N4O3/c1-25-12-9-7-11(8-10-12)23-17(20)15(19(24)26-2)16-18(23)22-14-6-4-3-5-13(14)21-16/h3-10H,20H2,1-2H3. The number of rotatable bonds is 3. The van der Waals surface area contributed by atoms with Gasteiger partial charge in [0.15, 0.2) is 5.65 Å². The van der Waals surface area contributed by atoms with Crippen LogP contribution in [0.3, 0.4) is 0 Å². The fourth-order valence-electron chi connectivity index (χ4n) is 2.96. The number of ether oxygens (including phenoxy) is 2. The van der Waals surface area contributed by atoms with Crippen molar-refractivity contribution in [1.82, 2.24) is 14.5 Å². The van der Waals surface area contributed by atoms with Gasteiger partial charge in [-0.3, -0.25) is 4.57 Å². The van der Waals surface area contributed by atoms with Crippen LogP contribution in [0.5, 0.6) is 5.75 Å². The minimum Gasteiger partial charge on any atom is -0.497 e. The number of nitrogens with two attached hydrogens (primary N) is 1. The molecule has 130 valence electrons. The van der Waals surface area contributed by atoms with Gasteiger partial charge in [0.1, 0.15) is 22.6 Å². The highest BCUT2D eigenvalue weighted by atomic mass is 16.5. The van der Waals surface area contributed by atoms with E-state index in [4.69, 9.17) is 15.2 Å². The summed E-state index contributed by atoms with van der Waals surface area (Å²) in [5.74, 6) is 0.394. The van der Waals surface area contributed by atoms with Crippen LogP contribution in [0.15, 0.2) is 48.5 Å². The molecule has 0 unspecified atom stereocenters. The van der Waals surface area contributed by atoms with Gasteiger partial charge in [0.25, 0.3) is 0 Å². The second-order valence-electron chi connectivity index (χ2n) is 5.67. The molecular weight excluding hydrogens is 332 g/mol. The lowest BCUT2D eigenvalue weighted by Gasteiger charge is -2.08. The van der Waals surface area contributed by atoms with Crippen LogP contribution in [0.2, 0.25) is 0 Å². The first-order valence-electron chi connectivity index (χ1n) is 7.93. The van der Waals surface area contributed by atoms with E-state index in [0.717, 1.165) is 5.69 Å². The lowest BCUT2D eigenvalue weighted by Crippen LogP contribution is -2.07. The molecular formula is C19H16N4O3. The molecule has 0 saturated heterocycles. The molecule has 0 aliphatic carbocycles. The number of anilines is 1. The number of hydrogen-bond acceptors (Lipinski definition) is 6. The Hall–Kier alpha value is -3.61. The number of hydrogen-bond donors (Lipinski definition) is 1. The monoisotopic (exact) mass is 348 g/mol. The molecule has 7 heteroatoms. The highest BCUT2D eigenvalue weighted by Gasteiger charge is 2.25. The normalized spacial score (nSPS) is 11.0. The molecule has 4 aromatic rings. The molecule has 0 aliphatic heterocycles. The minimum absolute atomic E-state index is 0.205. The number of nitrogen functional groups attached to an aromatic ring is 1. The Kier molecular flexibility index (Phi) is 3.69. The first-order valence-corrected chi connectivity index (χ1v) is 7.93. The van der Waals surface area contributed by atoms with Gasteiger partial charge >= 0.3 is 5.97 Å². The van der Waals surface area contributed by atoms with Gasteiger partial charge in [-0.05, 0) is 36.4 Å². The van der Waals surface area contributed by atoms with Gasteiger partial charge < -0.3 is 15.2 Å². The Morgan fingerprint density at radius 1 is 1.00 bits per heavy atom. The second kappa shape index (κ2) is 6.03. The van der Waals surface area contributed by atoms with Crippen LogP contribution in [-0.2, 0) is 4.74 Å². The smallest absolute Gasteiger partial charge is 0.343 e. The third kappa shape index (κ3) is 2.33. The van der Waals surface area contributed by atoms with Crippen molar-refractivity contribution in [2.75, 3.05) is 20.0 Å². The van der Waals surface area contributed by atoms with E-state index in [1.54, 1.807) is 11.7 Å². The first-order chi connectivity index (χ1) is 12.6. The summed E-state index contributed by atoms with van der Waals surface area (Å²) < 4.78 is 11.8. The van der Waals surface area contributed by atoms with Gasteiger partial charge in [0.05, 0.1) is 25.3 Å². The average Bonchev–Trinajstić information content (AvgIpc) is 2.96. The van der Waals surface area contributed by atoms with Crippen molar-refractivity contribution in [3.8, 4) is 11.4 Å². The van der Waals surface area contributed by atoms with E-state index in [1.807, 2.05) is 48.5 Å². The highest BCUT2D eigenvalue weighted by molar-refractivity contribution is 6.08. The second-order valence-corrected chi connectivity index (χ2v) is 5.67. The Morgan fingerprint density at radius 2 is 1.65 bits per heavy atom. The molecule has 26 heavy (non-hydrogen) atoms. The molecule has 2 aromatic carbocycles. The average molecular weight is 348 g/mol. The van der Waals surface area contributed by atoms with Crippen LogP contribution < -0.4 is 10.5 Å². The Balaban J connectivity index is 2.08. The predicted octanol–water partition coefficient (Wildman–Crippen LogP) is 2.95. The molecule has 0 saturated carbocycles. The van der Waals surface area contributed by atoms with E-state index in [1.165, 1.54) is 7.11 Å². The van der Waals surface area contributed by atoms with E-state index in [0.29, 0.717) is 27.9 Å². The van der Waals surface area contributed by atoms with Crippen molar-refractivity contribution in [2.45, 2.75) is 0 Å². The van der Waals surface area contributed by atoms with Gasteiger partial charge in [0.2, 0.25) is 0 Å². The molecule has 2 heterocycles. The van der Waals surface area contributed by atoms with E-state index < -0.39 is 5.97 Å². The lowest BCUT2D eigenvalue weighted by atomic mass is 10.2. The quantitative estimate of drug-likeness (QED) is 0.572. The number of aromatic nitrogens is 3. The molecule has 0 amide bonds. The predicted molar refractivity (Wildman–Crippen MR) is 98.7 cm³/mol. The number of methoxy groups -OCH3 is 2. The largest absolute Gasteiger partial charge is 0.497 e. The number of esters is 1. The first kappa shape index (κ1) is 15.9. The summed E-state index contributed by atoms with van der Waals surface area (Å²) in [4.78, 5) is 21.6. The maximum absolute atomic E-state index is 12.3. The molecule has 0 spiro atoms. The van der Waals surface area contributed by atoms with Gasteiger partial charge in [-0.1, -0.05) is 12.1 Å². The van der Waals surface area contributed by atoms with Crippen molar-refractivity contribution in [1.29, 1.82) is 0 Å². The van der Waals surface area contributed by atoms with Crippen LogP contribution in [-0.4, -0.2) is 34.7 Å². The molecule has 0 bridgehead atoms. The van der Waals surface area contributed by atoms with Gasteiger partial charge in [-0.2, -0.15) is 0 Å². The van der Waals surface area contributed by atoms with Gasteiger partial charge in [-0.15, -0.1) is 0 Å². The number of carbonyl (C=O) groups is 1. The van der Waals surface area contributed by atoms with Gasteiger partial charge in [-0.25, -0.2) is 14.8 Å². The van der Waals surface area contributed by atoms with Crippen LogP contribution in [0.4, 0.5) is 5.82 Å². The number of benzene rings is 2. The van der Waals surface area contributed by atoms with E-state index in [2.05, 4.69) is 9.97 Å². The summed E-state index contributed by atoms with van der Waals surface area (Å²) in [6.45, 7) is 0. The molecule has 0 aliphatic rings. The summed E-state index contributed by atoms with van der Waals surface area (Å²) in [6, 6.07) is 14.8. The van der Waals surface area contributed by atoms with Crippen LogP contribution in [0.25, 0.3) is 27.9 Å². The van der Waals surface area contributed by atoms with Crippen molar-refractivity contribution < 1.29 is 14.3 Å². The molecule has 0 radical (unpaired) electrons. The summed E-state index contributed by atoms with van der Waals surface area (Å²) in [5.41, 5.74) is 9.55. The fraction of sp³-hybridized carbons (Fsp3) is 0.105. The summed E-state index contributed by atoms with van der Waals surface area (Å²) >= 11 is 0. The van der Waals surface area contributed by atoms with Crippen molar-refractivity contribution >= 4 is 34.0 Å². The maximum Gasteiger partial charge on any atom is 0.343 e. The SMILES string of the molecule is COC(=O)c1c(N)n(-c2ccc(OC)cc2)c2nc3ccccc3nc12. The summed E-state index contributed by atoms with van der Waals surface area (Å²) in [5, 5.41) is 0. The summed E-state index contributed by atoms with van der Waals surface area (Å²) in [6.07, 6.45) is 0. The molecule has 4 rings (SSSR count). The minimum atomic E-state index is -0.552. The zero-order valence-electron chi connectivity index (χ0n) is 14.3. The Labute approximate surface area is 149 Å². The zero-order valence-corrected chi connectivity index (χ0v) is 14.3. The lowest BCUT2D eigenvalue weighted by molar-refractivity contribution is 0.0604. The molecule has 2 aromatic heterocycles. The number of nitrogens with zero attached hydrogens (tertiary/aromatic N) is 3. The highest BCUT2D eigenvalue weighted by Crippen LogP contribution is 2.31. The van der Waals surface area contributed by atoms with Crippen LogP contribution in [0.1, 0.15) is 10.4 Å². The topological polar surface area (TPSA) is 92.3 Å². The van der Waals surface area contributed by atoms with Crippen molar-refractivity contribution in [3.05, 3.63) is 54.1 Å². The Bertz CT molecular complexity index is 1130. The number of carbonyl (C=O) groups excluding carboxylic acids is 1. The Morgan fingerprint density at radius 3 is 2.27 bits per heavy atom. The molecule has 2 N–H and O–H groups in total. The van der Waals surface area contributed by atoms with E-state index in [9.17, 15) is 4.79 Å². The van der Waals surface area contributed by atoms with Crippen molar-refractivity contribution in [3.63, 3.8) is 0 Å². The third-order valence-corrected chi connectivity index (χ3v) is 4.22. The molecule has 7 nitrogen and oxygen atoms in total. The van der Waals surface area contributed by atoms with E-state index >= 15 is 0 Å². The zero-order chi connectivity index (χ0) is 18.3. The summed E-state index contributed by atoms with van der Waals surface area (Å²) in [7, 11) is 2.91. The van der Waals surface area contributed by atoms with E-state index in [-0.39, 0.29) is 11.4 Å². The van der Waals surface area contributed by atoms with Crippen molar-refractivity contribution in [2.24, 2.45) is 0 Å². The number of para-hydroxylation sites is 2. The van der Waals surface area contributed by atoms with Crippen LogP contribution >= 0.6 is 0 Å². The third-order valence-electron chi connectivity index (χ3n) is 4.22. The number of fused-ring (bicyclic) bond motifs is 2. The maximum atomic E-state index is 12.3.